The number of nitro benzene ring substituents is 1. The number of hydrogen-bond acceptors (Lipinski definition) is 5. The Morgan fingerprint density at radius 2 is 1.93 bits per heavy atom. The van der Waals surface area contributed by atoms with E-state index in [1.165, 1.54) is 6.21 Å². The van der Waals surface area contributed by atoms with Gasteiger partial charge in [0, 0.05) is 17.0 Å². The van der Waals surface area contributed by atoms with Gasteiger partial charge in [-0.2, -0.15) is 18.3 Å². The van der Waals surface area contributed by atoms with E-state index in [0.717, 1.165) is 17.5 Å². The van der Waals surface area contributed by atoms with E-state index in [0.29, 0.717) is 17.1 Å². The molecule has 138 valence electrons. The molecule has 1 heterocycles. The van der Waals surface area contributed by atoms with Gasteiger partial charge in [-0.05, 0) is 24.3 Å². The Bertz CT molecular complexity index is 1050. The van der Waals surface area contributed by atoms with Gasteiger partial charge >= 0.3 is 6.18 Å². The first kappa shape index (κ1) is 18.6. The van der Waals surface area contributed by atoms with Crippen LogP contribution in [0.5, 0.6) is 0 Å². The van der Waals surface area contributed by atoms with Gasteiger partial charge in [-0.1, -0.05) is 29.8 Å². The van der Waals surface area contributed by atoms with Gasteiger partial charge in [0.05, 0.1) is 22.2 Å². The number of nitrogens with one attached hydrogen (secondary N) is 1. The van der Waals surface area contributed by atoms with Crippen LogP contribution in [0.15, 0.2) is 53.6 Å². The van der Waals surface area contributed by atoms with Crippen molar-refractivity contribution >= 4 is 40.1 Å². The van der Waals surface area contributed by atoms with Crippen LogP contribution < -0.4 is 5.43 Å². The molecule has 10 heteroatoms. The number of hydrazone groups is 1. The maximum atomic E-state index is 12.7. The third-order valence-electron chi connectivity index (χ3n) is 3.61. The molecule has 0 bridgehead atoms. The molecular formula is C17H10ClF3N4O2. The Kier molecular flexibility index (Phi) is 4.95. The van der Waals surface area contributed by atoms with Crippen LogP contribution in [0, 0.1) is 10.1 Å². The quantitative estimate of drug-likeness (QED) is 0.283. The lowest BCUT2D eigenvalue weighted by atomic mass is 10.1. The average Bonchev–Trinajstić information content (AvgIpc) is 2.61. The van der Waals surface area contributed by atoms with Crippen molar-refractivity contribution in [1.29, 1.82) is 0 Å². The molecule has 3 rings (SSSR count). The molecule has 0 aliphatic carbocycles. The van der Waals surface area contributed by atoms with E-state index in [2.05, 4.69) is 15.5 Å². The normalized spacial score (nSPS) is 11.9. The molecule has 1 aromatic heterocycles. The average molecular weight is 395 g/mol. The molecule has 0 amide bonds. The second-order valence-corrected chi connectivity index (χ2v) is 5.78. The fraction of sp³-hybridized carbons (Fsp3) is 0.0588. The van der Waals surface area contributed by atoms with Crippen molar-refractivity contribution in [2.24, 2.45) is 5.10 Å². The number of rotatable bonds is 4. The van der Waals surface area contributed by atoms with Crippen LogP contribution in [0.1, 0.15) is 11.1 Å². The zero-order valence-electron chi connectivity index (χ0n) is 13.4. The first-order valence-corrected chi connectivity index (χ1v) is 7.83. The van der Waals surface area contributed by atoms with E-state index in [-0.39, 0.29) is 10.8 Å². The molecule has 0 unspecified atom stereocenters. The largest absolute Gasteiger partial charge is 0.416 e. The summed E-state index contributed by atoms with van der Waals surface area (Å²) in [7, 11) is 0. The zero-order chi connectivity index (χ0) is 19.6. The van der Waals surface area contributed by atoms with Crippen LogP contribution in [0.25, 0.3) is 10.9 Å². The summed E-state index contributed by atoms with van der Waals surface area (Å²) in [5.41, 5.74) is 1.45. The van der Waals surface area contributed by atoms with Crippen molar-refractivity contribution in [3.05, 3.63) is 74.9 Å². The standard InChI is InChI=1S/C17H10ClF3N4O2/c18-16-11(7-10-3-1-2-4-13(10)23-16)9-22-24-14-6-5-12(17(19,20)21)8-15(14)25(26)27/h1-9,24H. The highest BCUT2D eigenvalue weighted by Crippen LogP contribution is 2.35. The molecule has 0 spiro atoms. The molecule has 27 heavy (non-hydrogen) atoms. The number of anilines is 1. The molecule has 0 aliphatic rings. The Balaban J connectivity index is 1.88. The molecule has 6 nitrogen and oxygen atoms in total. The number of nitrogens with zero attached hydrogens (tertiary/aromatic N) is 3. The highest BCUT2D eigenvalue weighted by atomic mass is 35.5. The number of halogens is 4. The fourth-order valence-corrected chi connectivity index (χ4v) is 2.52. The number of para-hydroxylation sites is 1. The first-order valence-electron chi connectivity index (χ1n) is 7.46. The van der Waals surface area contributed by atoms with E-state index in [1.807, 2.05) is 18.2 Å². The van der Waals surface area contributed by atoms with Crippen LogP contribution in [0.2, 0.25) is 5.15 Å². The van der Waals surface area contributed by atoms with Crippen molar-refractivity contribution in [3.63, 3.8) is 0 Å². The lowest BCUT2D eigenvalue weighted by Crippen LogP contribution is -2.06. The Hall–Kier alpha value is -3.20. The minimum Gasteiger partial charge on any atom is -0.272 e. The number of benzene rings is 2. The van der Waals surface area contributed by atoms with Gasteiger partial charge in [0.2, 0.25) is 0 Å². The minimum absolute atomic E-state index is 0.168. The number of alkyl halides is 3. The van der Waals surface area contributed by atoms with Crippen LogP contribution in [-0.4, -0.2) is 16.1 Å². The van der Waals surface area contributed by atoms with Gasteiger partial charge in [-0.25, -0.2) is 4.98 Å². The van der Waals surface area contributed by atoms with Gasteiger partial charge in [-0.3, -0.25) is 15.5 Å². The summed E-state index contributed by atoms with van der Waals surface area (Å²) >= 11 is 6.07. The predicted octanol–water partition coefficient (Wildman–Crippen LogP) is 5.26. The highest BCUT2D eigenvalue weighted by Gasteiger charge is 2.33. The van der Waals surface area contributed by atoms with Gasteiger partial charge < -0.3 is 0 Å². The molecule has 0 atom stereocenters. The maximum absolute atomic E-state index is 12.7. The molecule has 0 saturated carbocycles. The maximum Gasteiger partial charge on any atom is 0.416 e. The van der Waals surface area contributed by atoms with Gasteiger partial charge in [0.25, 0.3) is 5.69 Å². The summed E-state index contributed by atoms with van der Waals surface area (Å²) in [5.74, 6) is 0. The molecule has 3 aromatic rings. The number of hydrogen-bond donors (Lipinski definition) is 1. The van der Waals surface area contributed by atoms with Gasteiger partial charge in [-0.15, -0.1) is 0 Å². The predicted molar refractivity (Wildman–Crippen MR) is 96.1 cm³/mol. The van der Waals surface area contributed by atoms with Crippen LogP contribution in [0.4, 0.5) is 24.5 Å². The summed E-state index contributed by atoms with van der Waals surface area (Å²) in [4.78, 5) is 14.3. The second-order valence-electron chi connectivity index (χ2n) is 5.42. The van der Waals surface area contributed by atoms with Crippen molar-refractivity contribution < 1.29 is 18.1 Å². The van der Waals surface area contributed by atoms with E-state index in [4.69, 9.17) is 11.6 Å². The van der Waals surface area contributed by atoms with Crippen molar-refractivity contribution in [1.82, 2.24) is 4.98 Å². The highest BCUT2D eigenvalue weighted by molar-refractivity contribution is 6.32. The monoisotopic (exact) mass is 394 g/mol. The van der Waals surface area contributed by atoms with Crippen LogP contribution in [0.3, 0.4) is 0 Å². The third-order valence-corrected chi connectivity index (χ3v) is 3.92. The second kappa shape index (κ2) is 7.20. The summed E-state index contributed by atoms with van der Waals surface area (Å²) in [6, 6.07) is 11.1. The molecule has 1 N–H and O–H groups in total. The van der Waals surface area contributed by atoms with Crippen LogP contribution >= 0.6 is 11.6 Å². The van der Waals surface area contributed by atoms with Crippen molar-refractivity contribution in [2.75, 3.05) is 5.43 Å². The Morgan fingerprint density at radius 3 is 2.63 bits per heavy atom. The molecule has 0 fully saturated rings. The molecule has 0 radical (unpaired) electrons. The zero-order valence-corrected chi connectivity index (χ0v) is 14.1. The minimum atomic E-state index is -4.68. The molecule has 0 saturated heterocycles. The molecule has 2 aromatic carbocycles. The Morgan fingerprint density at radius 1 is 1.19 bits per heavy atom. The number of nitro groups is 1. The summed E-state index contributed by atoms with van der Waals surface area (Å²) in [5, 5.41) is 15.9. The SMILES string of the molecule is O=[N+]([O-])c1cc(C(F)(F)F)ccc1NN=Cc1cc2ccccc2nc1Cl. The third kappa shape index (κ3) is 4.14. The number of aromatic nitrogens is 1. The topological polar surface area (TPSA) is 80.4 Å². The van der Waals surface area contributed by atoms with E-state index >= 15 is 0 Å². The first-order chi connectivity index (χ1) is 12.8. The summed E-state index contributed by atoms with van der Waals surface area (Å²) in [6.07, 6.45) is -3.40. The summed E-state index contributed by atoms with van der Waals surface area (Å²) in [6.45, 7) is 0. The lowest BCUT2D eigenvalue weighted by molar-refractivity contribution is -0.384. The van der Waals surface area contributed by atoms with Gasteiger partial charge in [0.15, 0.2) is 0 Å². The van der Waals surface area contributed by atoms with E-state index in [9.17, 15) is 23.3 Å². The number of pyridine rings is 1. The molecule has 0 aliphatic heterocycles. The summed E-state index contributed by atoms with van der Waals surface area (Å²) < 4.78 is 38.1. The van der Waals surface area contributed by atoms with Crippen molar-refractivity contribution in [3.8, 4) is 0 Å². The van der Waals surface area contributed by atoms with E-state index in [1.54, 1.807) is 12.1 Å². The molecular weight excluding hydrogens is 385 g/mol. The van der Waals surface area contributed by atoms with Crippen LogP contribution in [-0.2, 0) is 6.18 Å². The fourth-order valence-electron chi connectivity index (χ4n) is 2.32. The smallest absolute Gasteiger partial charge is 0.272 e. The number of fused-ring (bicyclic) bond motifs is 1. The lowest BCUT2D eigenvalue weighted by Gasteiger charge is -2.08. The van der Waals surface area contributed by atoms with Crippen molar-refractivity contribution in [2.45, 2.75) is 6.18 Å². The van der Waals surface area contributed by atoms with Gasteiger partial charge in [0.1, 0.15) is 10.8 Å². The van der Waals surface area contributed by atoms with E-state index < -0.39 is 22.4 Å². The Labute approximate surface area is 155 Å².